The first kappa shape index (κ1) is 13.8. The van der Waals surface area contributed by atoms with Crippen LogP contribution in [0.25, 0.3) is 0 Å². The molecule has 1 amide bonds. The summed E-state index contributed by atoms with van der Waals surface area (Å²) in [6.07, 6.45) is 1.43. The molecular weight excluding hydrogens is 328 g/mol. The highest BCUT2D eigenvalue weighted by Gasteiger charge is 2.10. The fraction of sp³-hybridized carbons (Fsp3) is 0.0769. The third kappa shape index (κ3) is 3.65. The molecule has 0 aliphatic heterocycles. The van der Waals surface area contributed by atoms with Crippen LogP contribution in [0.15, 0.2) is 45.5 Å². The summed E-state index contributed by atoms with van der Waals surface area (Å²) in [6, 6.07) is 8.93. The molecule has 0 aliphatic rings. The Kier molecular flexibility index (Phi) is 4.34. The Balaban J connectivity index is 1.98. The quantitative estimate of drug-likeness (QED) is 0.823. The third-order valence-electron chi connectivity index (χ3n) is 2.40. The van der Waals surface area contributed by atoms with Crippen LogP contribution < -0.4 is 10.6 Å². The SMILES string of the molecule is Cc1ccc(NC(=S)NC(=O)c2ccco2)cc1Br. The first-order valence-corrected chi connectivity index (χ1v) is 6.68. The van der Waals surface area contributed by atoms with Crippen LogP contribution in [0.3, 0.4) is 0 Å². The molecule has 4 nitrogen and oxygen atoms in total. The van der Waals surface area contributed by atoms with Crippen LogP contribution in [0.5, 0.6) is 0 Å². The number of nitrogens with one attached hydrogen (secondary N) is 2. The van der Waals surface area contributed by atoms with Gasteiger partial charge in [-0.25, -0.2) is 0 Å². The predicted molar refractivity (Wildman–Crippen MR) is 81.3 cm³/mol. The van der Waals surface area contributed by atoms with Crippen molar-refractivity contribution in [1.29, 1.82) is 0 Å². The number of aryl methyl sites for hydroxylation is 1. The Labute approximate surface area is 124 Å². The number of halogens is 1. The fourth-order valence-electron chi connectivity index (χ4n) is 1.41. The molecule has 0 atom stereocenters. The summed E-state index contributed by atoms with van der Waals surface area (Å²) in [5, 5.41) is 5.69. The molecular formula is C13H11BrN2O2S. The number of rotatable bonds is 2. The summed E-state index contributed by atoms with van der Waals surface area (Å²) in [5.41, 5.74) is 1.92. The minimum Gasteiger partial charge on any atom is -0.459 e. The molecule has 0 radical (unpaired) electrons. The van der Waals surface area contributed by atoms with Gasteiger partial charge in [0.25, 0.3) is 5.91 Å². The summed E-state index contributed by atoms with van der Waals surface area (Å²) >= 11 is 8.50. The zero-order valence-electron chi connectivity index (χ0n) is 10.1. The molecule has 0 saturated carbocycles. The maximum atomic E-state index is 11.7. The van der Waals surface area contributed by atoms with E-state index in [2.05, 4.69) is 26.6 Å². The van der Waals surface area contributed by atoms with E-state index in [1.807, 2.05) is 25.1 Å². The number of anilines is 1. The van der Waals surface area contributed by atoms with Gasteiger partial charge in [0.1, 0.15) is 0 Å². The van der Waals surface area contributed by atoms with Crippen molar-refractivity contribution < 1.29 is 9.21 Å². The van der Waals surface area contributed by atoms with Crippen LogP contribution in [-0.2, 0) is 0 Å². The van der Waals surface area contributed by atoms with E-state index in [0.29, 0.717) is 0 Å². The molecule has 19 heavy (non-hydrogen) atoms. The van der Waals surface area contributed by atoms with Crippen LogP contribution in [0.1, 0.15) is 16.1 Å². The lowest BCUT2D eigenvalue weighted by Gasteiger charge is -2.09. The zero-order valence-corrected chi connectivity index (χ0v) is 12.5. The minimum absolute atomic E-state index is 0.217. The summed E-state index contributed by atoms with van der Waals surface area (Å²) in [4.78, 5) is 11.7. The highest BCUT2D eigenvalue weighted by Crippen LogP contribution is 2.20. The lowest BCUT2D eigenvalue weighted by Crippen LogP contribution is -2.33. The van der Waals surface area contributed by atoms with E-state index in [1.165, 1.54) is 6.26 Å². The molecule has 0 unspecified atom stereocenters. The van der Waals surface area contributed by atoms with E-state index in [9.17, 15) is 4.79 Å². The van der Waals surface area contributed by atoms with Gasteiger partial charge in [0.05, 0.1) is 6.26 Å². The molecule has 6 heteroatoms. The second kappa shape index (κ2) is 5.99. The van der Waals surface area contributed by atoms with E-state index in [4.69, 9.17) is 16.6 Å². The topological polar surface area (TPSA) is 54.3 Å². The van der Waals surface area contributed by atoms with Gasteiger partial charge in [0.15, 0.2) is 10.9 Å². The molecule has 1 aromatic heterocycles. The highest BCUT2D eigenvalue weighted by molar-refractivity contribution is 9.10. The van der Waals surface area contributed by atoms with Crippen molar-refractivity contribution in [2.45, 2.75) is 6.92 Å². The molecule has 0 bridgehead atoms. The Bertz CT molecular complexity index is 611. The average molecular weight is 339 g/mol. The van der Waals surface area contributed by atoms with Gasteiger partial charge >= 0.3 is 0 Å². The summed E-state index contributed by atoms with van der Waals surface area (Å²) in [7, 11) is 0. The number of furan rings is 1. The Morgan fingerprint density at radius 3 is 2.79 bits per heavy atom. The van der Waals surface area contributed by atoms with E-state index >= 15 is 0 Å². The van der Waals surface area contributed by atoms with E-state index in [1.54, 1.807) is 12.1 Å². The van der Waals surface area contributed by atoms with E-state index in [-0.39, 0.29) is 16.8 Å². The van der Waals surface area contributed by atoms with Crippen molar-refractivity contribution >= 4 is 44.9 Å². The van der Waals surface area contributed by atoms with Crippen molar-refractivity contribution in [3.63, 3.8) is 0 Å². The van der Waals surface area contributed by atoms with Crippen molar-refractivity contribution in [1.82, 2.24) is 5.32 Å². The normalized spacial score (nSPS) is 10.0. The van der Waals surface area contributed by atoms with Gasteiger partial charge in [-0.1, -0.05) is 22.0 Å². The van der Waals surface area contributed by atoms with Crippen LogP contribution in [0, 0.1) is 6.92 Å². The van der Waals surface area contributed by atoms with Crippen LogP contribution in [0.4, 0.5) is 5.69 Å². The predicted octanol–water partition coefficient (Wildman–Crippen LogP) is 3.48. The van der Waals surface area contributed by atoms with Gasteiger partial charge in [-0.2, -0.15) is 0 Å². The third-order valence-corrected chi connectivity index (χ3v) is 3.46. The van der Waals surface area contributed by atoms with Crippen molar-refractivity contribution in [3.8, 4) is 0 Å². The maximum absolute atomic E-state index is 11.7. The second-order valence-electron chi connectivity index (χ2n) is 3.85. The molecule has 0 spiro atoms. The first-order valence-electron chi connectivity index (χ1n) is 5.48. The summed E-state index contributed by atoms with van der Waals surface area (Å²) in [5.74, 6) is -0.164. The van der Waals surface area contributed by atoms with Gasteiger partial charge < -0.3 is 9.73 Å². The number of hydrogen-bond acceptors (Lipinski definition) is 3. The van der Waals surface area contributed by atoms with Crippen molar-refractivity contribution in [2.24, 2.45) is 0 Å². The Morgan fingerprint density at radius 1 is 1.37 bits per heavy atom. The molecule has 1 aromatic carbocycles. The van der Waals surface area contributed by atoms with E-state index < -0.39 is 0 Å². The van der Waals surface area contributed by atoms with Crippen molar-refractivity contribution in [2.75, 3.05) is 5.32 Å². The zero-order chi connectivity index (χ0) is 13.8. The average Bonchev–Trinajstić information content (AvgIpc) is 2.87. The smallest absolute Gasteiger partial charge is 0.293 e. The number of carbonyl (C=O) groups is 1. The molecule has 2 N–H and O–H groups in total. The van der Waals surface area contributed by atoms with Gasteiger partial charge in [-0.15, -0.1) is 0 Å². The molecule has 2 rings (SSSR count). The fourth-order valence-corrected chi connectivity index (χ4v) is 1.99. The highest BCUT2D eigenvalue weighted by atomic mass is 79.9. The van der Waals surface area contributed by atoms with Crippen molar-refractivity contribution in [3.05, 3.63) is 52.4 Å². The molecule has 1 heterocycles. The van der Waals surface area contributed by atoms with Gasteiger partial charge in [-0.05, 0) is 49.0 Å². The van der Waals surface area contributed by atoms with Gasteiger partial charge in [0.2, 0.25) is 0 Å². The van der Waals surface area contributed by atoms with Crippen LogP contribution in [-0.4, -0.2) is 11.0 Å². The summed E-state index contributed by atoms with van der Waals surface area (Å²) in [6.45, 7) is 1.99. The molecule has 0 saturated heterocycles. The lowest BCUT2D eigenvalue weighted by atomic mass is 10.2. The van der Waals surface area contributed by atoms with Gasteiger partial charge in [-0.3, -0.25) is 10.1 Å². The molecule has 0 aliphatic carbocycles. The lowest BCUT2D eigenvalue weighted by molar-refractivity contribution is 0.0950. The van der Waals surface area contributed by atoms with Gasteiger partial charge in [0, 0.05) is 10.2 Å². The summed E-state index contributed by atoms with van der Waals surface area (Å²) < 4.78 is 5.94. The number of benzene rings is 1. The molecule has 0 fully saturated rings. The Hall–Kier alpha value is -1.66. The van der Waals surface area contributed by atoms with E-state index in [0.717, 1.165) is 15.7 Å². The molecule has 98 valence electrons. The van der Waals surface area contributed by atoms with Crippen LogP contribution in [0.2, 0.25) is 0 Å². The maximum Gasteiger partial charge on any atom is 0.293 e. The first-order chi connectivity index (χ1) is 9.06. The number of thiocarbonyl (C=S) groups is 1. The minimum atomic E-state index is -0.381. The number of amides is 1. The van der Waals surface area contributed by atoms with Crippen LogP contribution >= 0.6 is 28.1 Å². The largest absolute Gasteiger partial charge is 0.459 e. The second-order valence-corrected chi connectivity index (χ2v) is 5.11. The standard InChI is InChI=1S/C13H11BrN2O2S/c1-8-4-5-9(7-10(8)14)15-13(19)16-12(17)11-3-2-6-18-11/h2-7H,1H3,(H2,15,16,17,19). The number of carbonyl (C=O) groups excluding carboxylic acids is 1. The molecule has 2 aromatic rings. The monoisotopic (exact) mass is 338 g/mol. The number of hydrogen-bond donors (Lipinski definition) is 2. The Morgan fingerprint density at radius 2 is 2.16 bits per heavy atom.